The fourth-order valence-electron chi connectivity index (χ4n) is 8.03. The van der Waals surface area contributed by atoms with E-state index < -0.39 is 125 Å². The molecule has 27 heteroatoms. The average molecular weight is 1100 g/mol. The van der Waals surface area contributed by atoms with Gasteiger partial charge in [-0.05, 0) is 108 Å². The first-order valence-corrected chi connectivity index (χ1v) is 22.7. The molecular formula is C46H64F18O9. The van der Waals surface area contributed by atoms with E-state index in [1.54, 1.807) is 0 Å². The average Bonchev–Trinajstić information content (AvgIpc) is 3.81. The minimum Gasteiger partial charge on any atom is -0.461 e. The Balaban J connectivity index is 0.000000608. The maximum absolute atomic E-state index is 14.1. The Hall–Kier alpha value is -3.30. The van der Waals surface area contributed by atoms with Crippen LogP contribution in [-0.2, 0) is 44.3 Å². The lowest BCUT2D eigenvalue weighted by Gasteiger charge is -2.39. The van der Waals surface area contributed by atoms with Gasteiger partial charge in [0.05, 0.1) is 13.2 Å². The van der Waals surface area contributed by atoms with Crippen LogP contribution >= 0.6 is 0 Å². The normalized spacial score (nSPS) is 22.3. The van der Waals surface area contributed by atoms with Crippen LogP contribution in [0.4, 0.5) is 79.0 Å². The molecule has 2 fully saturated rings. The number of esters is 2. The van der Waals surface area contributed by atoms with Crippen LogP contribution in [0.5, 0.6) is 0 Å². The summed E-state index contributed by atoms with van der Waals surface area (Å²) in [6.45, 7) is 8.61. The molecule has 73 heavy (non-hydrogen) atoms. The summed E-state index contributed by atoms with van der Waals surface area (Å²) in [5, 5.41) is 18.8. The summed E-state index contributed by atoms with van der Waals surface area (Å²) in [4.78, 5) is 23.5. The molecule has 2 bridgehead atoms. The summed E-state index contributed by atoms with van der Waals surface area (Å²) in [5.74, 6) is -3.78. The molecule has 0 aromatic heterocycles. The first-order valence-electron chi connectivity index (χ1n) is 22.7. The fourth-order valence-corrected chi connectivity index (χ4v) is 8.03. The van der Waals surface area contributed by atoms with Gasteiger partial charge in [-0.2, -0.15) is 79.0 Å². The second kappa shape index (κ2) is 24.4. The minimum atomic E-state index is -6.37. The zero-order valence-electron chi connectivity index (χ0n) is 41.8. The van der Waals surface area contributed by atoms with Crippen LogP contribution in [0.25, 0.3) is 0 Å². The molecule has 2 aliphatic rings. The SMILES string of the molecule is CCC(C)(C(=O)OC(C)(C)C)C(F)(F)F.CCC(C)(C(=O)OC1CC2CC1C(CO)C2CO)C(F)(F)F.CCC(C)c1cc(C(C)(C(F)(F)F)C(F)(F)F)cc(C(OCOCCOC)(C(F)(F)F)C(F)(F)F)c1. The Morgan fingerprint density at radius 1 is 0.616 bits per heavy atom. The third-order valence-electron chi connectivity index (χ3n) is 13.8. The molecule has 9 nitrogen and oxygen atoms in total. The van der Waals surface area contributed by atoms with Crippen molar-refractivity contribution in [3.8, 4) is 0 Å². The molecule has 3 rings (SSSR count). The predicted octanol–water partition coefficient (Wildman–Crippen LogP) is 13.0. The van der Waals surface area contributed by atoms with E-state index in [2.05, 4.69) is 14.2 Å². The van der Waals surface area contributed by atoms with Gasteiger partial charge in [0.1, 0.15) is 18.5 Å². The fraction of sp³-hybridized carbons (Fsp3) is 0.826. The zero-order valence-corrected chi connectivity index (χ0v) is 41.8. The smallest absolute Gasteiger partial charge is 0.430 e. The first kappa shape index (κ1) is 67.7. The number of halogens is 18. The maximum atomic E-state index is 14.1. The number of alkyl halides is 18. The molecule has 8 atom stereocenters. The molecule has 2 aliphatic carbocycles. The highest BCUT2D eigenvalue weighted by molar-refractivity contribution is 5.78. The van der Waals surface area contributed by atoms with Crippen LogP contribution in [0.1, 0.15) is 124 Å². The van der Waals surface area contributed by atoms with Crippen molar-refractivity contribution in [1.29, 1.82) is 0 Å². The number of fused-ring (bicyclic) bond motifs is 2. The van der Waals surface area contributed by atoms with Gasteiger partial charge in [0.25, 0.3) is 5.60 Å². The lowest BCUT2D eigenvalue weighted by molar-refractivity contribution is -0.401. The summed E-state index contributed by atoms with van der Waals surface area (Å²) in [5.41, 5.74) is -20.4. The Labute approximate surface area is 410 Å². The van der Waals surface area contributed by atoms with Gasteiger partial charge < -0.3 is 33.9 Å². The number of benzene rings is 1. The zero-order chi connectivity index (χ0) is 57.6. The Morgan fingerprint density at radius 2 is 1.07 bits per heavy atom. The number of hydrogen-bond donors (Lipinski definition) is 2. The van der Waals surface area contributed by atoms with Gasteiger partial charge in [-0.25, -0.2) is 0 Å². The number of rotatable bonds is 17. The molecule has 0 aliphatic heterocycles. The highest BCUT2D eigenvalue weighted by Crippen LogP contribution is 2.58. The molecule has 428 valence electrons. The largest absolute Gasteiger partial charge is 0.461 e. The number of aliphatic hydroxyl groups excluding tert-OH is 2. The molecule has 0 amide bonds. The highest BCUT2D eigenvalue weighted by Gasteiger charge is 2.75. The van der Waals surface area contributed by atoms with E-state index in [-0.39, 0.29) is 75.7 Å². The quantitative estimate of drug-likeness (QED) is 0.0680. The summed E-state index contributed by atoms with van der Waals surface area (Å²) >= 11 is 0. The first-order chi connectivity index (χ1) is 32.7. The van der Waals surface area contributed by atoms with Crippen molar-refractivity contribution in [2.75, 3.05) is 40.3 Å². The molecule has 0 saturated heterocycles. The highest BCUT2D eigenvalue weighted by atomic mass is 19.4. The molecule has 1 aromatic carbocycles. The number of aliphatic hydroxyl groups is 2. The Morgan fingerprint density at radius 3 is 1.44 bits per heavy atom. The maximum Gasteiger partial charge on any atom is 0.430 e. The third-order valence-corrected chi connectivity index (χ3v) is 13.8. The second-order valence-electron chi connectivity index (χ2n) is 19.5. The monoisotopic (exact) mass is 1100 g/mol. The van der Waals surface area contributed by atoms with E-state index in [0.29, 0.717) is 18.9 Å². The molecule has 0 spiro atoms. The molecule has 2 N–H and O–H groups in total. The van der Waals surface area contributed by atoms with Gasteiger partial charge in [-0.15, -0.1) is 0 Å². The summed E-state index contributed by atoms with van der Waals surface area (Å²) < 4.78 is 267. The van der Waals surface area contributed by atoms with E-state index in [9.17, 15) is 98.8 Å². The van der Waals surface area contributed by atoms with Crippen molar-refractivity contribution in [1.82, 2.24) is 0 Å². The Kier molecular flexibility index (Phi) is 22.6. The van der Waals surface area contributed by atoms with Crippen LogP contribution in [-0.4, -0.2) is 111 Å². The summed E-state index contributed by atoms with van der Waals surface area (Å²) in [7, 11) is 1.15. The van der Waals surface area contributed by atoms with Gasteiger partial charge in [0, 0.05) is 31.8 Å². The van der Waals surface area contributed by atoms with Crippen LogP contribution in [0, 0.1) is 34.5 Å². The van der Waals surface area contributed by atoms with Crippen molar-refractivity contribution < 1.29 is 123 Å². The van der Waals surface area contributed by atoms with Crippen LogP contribution in [0.15, 0.2) is 18.2 Å². The predicted molar refractivity (Wildman–Crippen MR) is 224 cm³/mol. The molecular weight excluding hydrogens is 1040 g/mol. The van der Waals surface area contributed by atoms with Crippen LogP contribution < -0.4 is 0 Å². The van der Waals surface area contributed by atoms with Crippen molar-refractivity contribution in [3.63, 3.8) is 0 Å². The second-order valence-corrected chi connectivity index (χ2v) is 19.5. The van der Waals surface area contributed by atoms with E-state index >= 15 is 0 Å². The number of carbonyl (C=O) groups excluding carboxylic acids is 2. The van der Waals surface area contributed by atoms with Crippen molar-refractivity contribution >= 4 is 11.9 Å². The number of ether oxygens (including phenoxy) is 5. The molecule has 8 unspecified atom stereocenters. The number of carbonyl (C=O) groups is 2. The van der Waals surface area contributed by atoms with E-state index in [0.717, 1.165) is 21.0 Å². The van der Waals surface area contributed by atoms with Gasteiger partial charge in [-0.1, -0.05) is 45.9 Å². The van der Waals surface area contributed by atoms with Gasteiger partial charge in [0.15, 0.2) is 16.2 Å². The third kappa shape index (κ3) is 14.8. The number of hydrogen-bond acceptors (Lipinski definition) is 9. The van der Waals surface area contributed by atoms with Gasteiger partial charge in [0.2, 0.25) is 0 Å². The lowest BCUT2D eigenvalue weighted by atomic mass is 9.76. The lowest BCUT2D eigenvalue weighted by Crippen LogP contribution is -2.57. The van der Waals surface area contributed by atoms with Crippen LogP contribution in [0.2, 0.25) is 0 Å². The van der Waals surface area contributed by atoms with Crippen molar-refractivity contribution in [2.24, 2.45) is 34.5 Å². The summed E-state index contributed by atoms with van der Waals surface area (Å²) in [6.07, 6.45) is -34.4. The van der Waals surface area contributed by atoms with Gasteiger partial charge in [-0.3, -0.25) is 9.59 Å². The standard InChI is InChI=1S/C21H24F12O3.C15H23F3O4.C10H17F3O2/c1-5-12(2)13-8-14(16(3,18(22,23)24)19(25,26)27)10-15(9-13)17(20(28,29)30,21(31,32)33)36-11-35-7-6-34-4;1-3-14(2,15(16,17)18)13(21)22-12-5-8-4-9(12)11(7-20)10(8)6-19;1-6-9(5,10(11,12)13)7(14)15-8(2,3)4/h8-10,12H,5-7,11H2,1-4H3;8-12,19-20H,3-7H2,1-2H3;6H2,1-5H3. The minimum absolute atomic E-state index is 0.0241. The summed E-state index contributed by atoms with van der Waals surface area (Å²) in [6, 6.07) is 0.148. The molecule has 0 heterocycles. The van der Waals surface area contributed by atoms with Crippen molar-refractivity contribution in [3.05, 3.63) is 34.9 Å². The Bertz CT molecular complexity index is 1890. The molecule has 2 saturated carbocycles. The van der Waals surface area contributed by atoms with Crippen molar-refractivity contribution in [2.45, 2.75) is 167 Å². The van der Waals surface area contributed by atoms with E-state index in [4.69, 9.17) is 9.47 Å². The molecule has 1 aromatic rings. The van der Waals surface area contributed by atoms with E-state index in [1.165, 1.54) is 48.5 Å². The van der Waals surface area contributed by atoms with E-state index in [1.807, 2.05) is 0 Å². The topological polar surface area (TPSA) is 121 Å². The van der Waals surface area contributed by atoms with Crippen LogP contribution in [0.3, 0.4) is 0 Å². The molecule has 0 radical (unpaired) electrons. The number of methoxy groups -OCH3 is 1. The van der Waals surface area contributed by atoms with Gasteiger partial charge >= 0.3 is 49.0 Å².